The van der Waals surface area contributed by atoms with Crippen LogP contribution in [0.15, 0.2) is 18.2 Å². The van der Waals surface area contributed by atoms with Crippen LogP contribution < -0.4 is 0 Å². The highest BCUT2D eigenvalue weighted by Crippen LogP contribution is 2.19. The largest absolute Gasteiger partial charge is 0.508 e. The summed E-state index contributed by atoms with van der Waals surface area (Å²) in [6, 6.07) is 4.10. The molecule has 0 unspecified atom stereocenters. The number of rotatable bonds is 7. The van der Waals surface area contributed by atoms with Gasteiger partial charge in [0, 0.05) is 17.7 Å². The van der Waals surface area contributed by atoms with Crippen LogP contribution >= 0.6 is 12.4 Å². The zero-order valence-electron chi connectivity index (χ0n) is 10.4. The summed E-state index contributed by atoms with van der Waals surface area (Å²) in [5.41, 5.74) is 0.616. The Bertz CT molecular complexity index is 489. The molecule has 1 aromatic carbocycles. The average molecular weight is 304 g/mol. The Morgan fingerprint density at radius 3 is 2.15 bits per heavy atom. The molecule has 0 aliphatic rings. The Morgan fingerprint density at radius 1 is 1.15 bits per heavy atom. The molecular formula is C12H14ClNO6. The van der Waals surface area contributed by atoms with Crippen LogP contribution in [0.25, 0.3) is 0 Å². The maximum atomic E-state index is 10.6. The molecule has 20 heavy (non-hydrogen) atoms. The Kier molecular flexibility index (Phi) is 7.27. The van der Waals surface area contributed by atoms with Gasteiger partial charge in [0.2, 0.25) is 0 Å². The number of carbonyl (C=O) groups is 3. The zero-order valence-corrected chi connectivity index (χ0v) is 11.2. The summed E-state index contributed by atoms with van der Waals surface area (Å²) in [6.07, 6.45) is 0.585. The molecule has 0 saturated heterocycles. The topological polar surface area (TPSA) is 115 Å². The van der Waals surface area contributed by atoms with Gasteiger partial charge in [0.05, 0.1) is 13.1 Å². The Balaban J connectivity index is 0.00000361. The van der Waals surface area contributed by atoms with Crippen molar-refractivity contribution in [2.24, 2.45) is 0 Å². The lowest BCUT2D eigenvalue weighted by Crippen LogP contribution is -2.34. The van der Waals surface area contributed by atoms with Crippen LogP contribution in [0, 0.1) is 0 Å². The number of carbonyl (C=O) groups excluding carboxylic acids is 1. The number of benzene rings is 1. The molecule has 0 aromatic heterocycles. The summed E-state index contributed by atoms with van der Waals surface area (Å²) in [4.78, 5) is 33.0. The van der Waals surface area contributed by atoms with E-state index in [9.17, 15) is 19.5 Å². The van der Waals surface area contributed by atoms with Crippen molar-refractivity contribution in [2.45, 2.75) is 6.54 Å². The molecule has 7 nitrogen and oxygen atoms in total. The monoisotopic (exact) mass is 303 g/mol. The van der Waals surface area contributed by atoms with E-state index in [1.165, 1.54) is 18.2 Å². The molecule has 110 valence electrons. The van der Waals surface area contributed by atoms with Gasteiger partial charge < -0.3 is 15.3 Å². The number of phenols is 1. The third-order valence-corrected chi connectivity index (χ3v) is 2.35. The van der Waals surface area contributed by atoms with Gasteiger partial charge in [-0.1, -0.05) is 0 Å². The minimum atomic E-state index is -1.17. The van der Waals surface area contributed by atoms with Gasteiger partial charge >= 0.3 is 11.9 Å². The van der Waals surface area contributed by atoms with Gasteiger partial charge in [-0.25, -0.2) is 0 Å². The number of nitrogens with zero attached hydrogens (tertiary/aromatic N) is 1. The van der Waals surface area contributed by atoms with E-state index in [0.29, 0.717) is 17.4 Å². The summed E-state index contributed by atoms with van der Waals surface area (Å²) in [5.74, 6) is -2.47. The highest BCUT2D eigenvalue weighted by molar-refractivity contribution is 5.85. The number of aliphatic carboxylic acids is 2. The lowest BCUT2D eigenvalue weighted by atomic mass is 10.1. The van der Waals surface area contributed by atoms with Crippen molar-refractivity contribution in [3.05, 3.63) is 29.3 Å². The molecule has 0 heterocycles. The molecule has 0 saturated carbocycles. The number of aromatic hydroxyl groups is 1. The van der Waals surface area contributed by atoms with E-state index < -0.39 is 25.0 Å². The maximum Gasteiger partial charge on any atom is 0.317 e. The molecule has 3 N–H and O–H groups in total. The maximum absolute atomic E-state index is 10.6. The lowest BCUT2D eigenvalue weighted by Gasteiger charge is -2.18. The van der Waals surface area contributed by atoms with Crippen molar-refractivity contribution >= 4 is 30.6 Å². The van der Waals surface area contributed by atoms with Gasteiger partial charge in [0.1, 0.15) is 12.0 Å². The molecule has 0 radical (unpaired) electrons. The Labute approximate surface area is 120 Å². The molecule has 1 rings (SSSR count). The SMILES string of the molecule is Cl.O=Cc1ccc(O)c(CN(CC(=O)O)CC(=O)O)c1. The molecule has 0 aliphatic heterocycles. The highest BCUT2D eigenvalue weighted by atomic mass is 35.5. The van der Waals surface area contributed by atoms with Crippen molar-refractivity contribution in [1.29, 1.82) is 0 Å². The van der Waals surface area contributed by atoms with Crippen LogP contribution in [-0.4, -0.2) is 51.5 Å². The van der Waals surface area contributed by atoms with Crippen LogP contribution in [0.2, 0.25) is 0 Å². The fraction of sp³-hybridized carbons (Fsp3) is 0.250. The van der Waals surface area contributed by atoms with Gasteiger partial charge in [0.15, 0.2) is 0 Å². The minimum Gasteiger partial charge on any atom is -0.508 e. The second-order valence-electron chi connectivity index (χ2n) is 3.94. The Hall–Kier alpha value is -2.12. The third kappa shape index (κ3) is 5.68. The van der Waals surface area contributed by atoms with Gasteiger partial charge in [-0.15, -0.1) is 12.4 Å². The fourth-order valence-electron chi connectivity index (χ4n) is 1.60. The third-order valence-electron chi connectivity index (χ3n) is 2.35. The fourth-order valence-corrected chi connectivity index (χ4v) is 1.60. The van der Waals surface area contributed by atoms with E-state index in [1.54, 1.807) is 0 Å². The molecule has 0 aliphatic carbocycles. The number of aldehydes is 1. The summed E-state index contributed by atoms with van der Waals surface area (Å²) < 4.78 is 0. The van der Waals surface area contributed by atoms with Crippen LogP contribution in [0.4, 0.5) is 0 Å². The number of hydrogen-bond acceptors (Lipinski definition) is 5. The first kappa shape index (κ1) is 17.9. The van der Waals surface area contributed by atoms with Crippen molar-refractivity contribution in [2.75, 3.05) is 13.1 Å². The van der Waals surface area contributed by atoms with Crippen LogP contribution in [-0.2, 0) is 16.1 Å². The molecular weight excluding hydrogens is 290 g/mol. The van der Waals surface area contributed by atoms with Gasteiger partial charge in [0.25, 0.3) is 0 Å². The summed E-state index contributed by atoms with van der Waals surface area (Å²) >= 11 is 0. The molecule has 0 bridgehead atoms. The standard InChI is InChI=1S/C12H13NO6.ClH/c14-7-8-1-2-10(15)9(3-8)4-13(5-11(16)17)6-12(18)19;/h1-3,7,15H,4-6H2,(H,16,17)(H,18,19);1H. The molecule has 0 spiro atoms. The number of halogens is 1. The van der Waals surface area contributed by atoms with E-state index in [0.717, 1.165) is 4.90 Å². The second-order valence-corrected chi connectivity index (χ2v) is 3.94. The molecule has 0 fully saturated rings. The van der Waals surface area contributed by atoms with Crippen molar-refractivity contribution in [3.63, 3.8) is 0 Å². The van der Waals surface area contributed by atoms with E-state index in [4.69, 9.17) is 10.2 Å². The van der Waals surface area contributed by atoms with E-state index >= 15 is 0 Å². The molecule has 0 atom stereocenters. The van der Waals surface area contributed by atoms with Crippen molar-refractivity contribution < 1.29 is 29.7 Å². The molecule has 8 heteroatoms. The smallest absolute Gasteiger partial charge is 0.317 e. The minimum absolute atomic E-state index is 0. The van der Waals surface area contributed by atoms with E-state index in [2.05, 4.69) is 0 Å². The van der Waals surface area contributed by atoms with Crippen molar-refractivity contribution in [3.8, 4) is 5.75 Å². The first-order chi connectivity index (χ1) is 8.92. The predicted octanol–water partition coefficient (Wildman–Crippen LogP) is 0.598. The molecule has 1 aromatic rings. The Morgan fingerprint density at radius 2 is 1.70 bits per heavy atom. The number of carboxylic acid groups (broad SMARTS) is 2. The molecule has 0 amide bonds. The normalized spacial score (nSPS) is 9.85. The number of carboxylic acids is 2. The van der Waals surface area contributed by atoms with Crippen LogP contribution in [0.1, 0.15) is 15.9 Å². The first-order valence-electron chi connectivity index (χ1n) is 5.35. The zero-order chi connectivity index (χ0) is 14.4. The van der Waals surface area contributed by atoms with Gasteiger partial charge in [-0.05, 0) is 18.2 Å². The second kappa shape index (κ2) is 8.13. The lowest BCUT2D eigenvalue weighted by molar-refractivity contribution is -0.142. The van der Waals surface area contributed by atoms with Crippen LogP contribution in [0.3, 0.4) is 0 Å². The van der Waals surface area contributed by atoms with Crippen LogP contribution in [0.5, 0.6) is 5.75 Å². The number of hydrogen-bond donors (Lipinski definition) is 3. The quantitative estimate of drug-likeness (QED) is 0.632. The first-order valence-corrected chi connectivity index (χ1v) is 5.35. The summed E-state index contributed by atoms with van der Waals surface area (Å²) in [7, 11) is 0. The van der Waals surface area contributed by atoms with Crippen molar-refractivity contribution in [1.82, 2.24) is 4.90 Å². The predicted molar refractivity (Wildman–Crippen MR) is 71.3 cm³/mol. The number of phenolic OH excluding ortho intramolecular Hbond substituents is 1. The highest BCUT2D eigenvalue weighted by Gasteiger charge is 2.15. The van der Waals surface area contributed by atoms with Gasteiger partial charge in [-0.3, -0.25) is 19.3 Å². The summed E-state index contributed by atoms with van der Waals surface area (Å²) in [6.45, 7) is -1.03. The van der Waals surface area contributed by atoms with E-state index in [-0.39, 0.29) is 24.7 Å². The summed E-state index contributed by atoms with van der Waals surface area (Å²) in [5, 5.41) is 27.0. The van der Waals surface area contributed by atoms with Gasteiger partial charge in [-0.2, -0.15) is 0 Å². The van der Waals surface area contributed by atoms with E-state index in [1.807, 2.05) is 0 Å². The average Bonchev–Trinajstić information content (AvgIpc) is 2.30.